The fraction of sp³-hybridized carbons (Fsp3) is 0.0800. The van der Waals surface area contributed by atoms with Crippen molar-refractivity contribution >= 4 is 28.7 Å². The average molecular weight is 407 g/mol. The summed E-state index contributed by atoms with van der Waals surface area (Å²) in [6, 6.07) is 28.1. The molecule has 0 radical (unpaired) electrons. The monoisotopic (exact) mass is 407 g/mol. The van der Waals surface area contributed by atoms with E-state index in [0.717, 1.165) is 27.6 Å². The molecule has 0 atom stereocenters. The predicted octanol–water partition coefficient (Wildman–Crippen LogP) is 3.91. The number of benzene rings is 3. The lowest BCUT2D eigenvalue weighted by Crippen LogP contribution is -2.38. The number of hydrogen-bond donors (Lipinski definition) is 3. The van der Waals surface area contributed by atoms with E-state index in [1.807, 2.05) is 91.1 Å². The molecule has 0 saturated carbocycles. The maximum Gasteiger partial charge on any atom is 0.287 e. The van der Waals surface area contributed by atoms with Crippen LogP contribution in [-0.4, -0.2) is 22.8 Å². The summed E-state index contributed by atoms with van der Waals surface area (Å²) in [7, 11) is 0. The Balaban J connectivity index is 1.35. The highest BCUT2D eigenvalue weighted by Gasteiger charge is 2.41. The van der Waals surface area contributed by atoms with Crippen molar-refractivity contribution in [3.8, 4) is 0 Å². The third-order valence-electron chi connectivity index (χ3n) is 5.60. The van der Waals surface area contributed by atoms with Gasteiger partial charge in [0.25, 0.3) is 5.91 Å². The van der Waals surface area contributed by atoms with Crippen LogP contribution in [0.25, 0.3) is 10.9 Å². The highest BCUT2D eigenvalue weighted by Crippen LogP contribution is 2.36. The molecule has 0 unspecified atom stereocenters. The maximum atomic E-state index is 12.8. The van der Waals surface area contributed by atoms with Gasteiger partial charge in [0.05, 0.1) is 6.21 Å². The van der Waals surface area contributed by atoms with Crippen molar-refractivity contribution < 1.29 is 4.79 Å². The number of H-pyrrole nitrogens is 1. The summed E-state index contributed by atoms with van der Waals surface area (Å²) in [6.07, 6.45) is 3.93. The van der Waals surface area contributed by atoms with Crippen LogP contribution >= 0.6 is 0 Å². The number of rotatable bonds is 5. The molecule has 1 aliphatic heterocycles. The average Bonchev–Trinajstić information content (AvgIpc) is 3.46. The van der Waals surface area contributed by atoms with Crippen LogP contribution in [0.5, 0.6) is 0 Å². The largest absolute Gasteiger partial charge is 0.361 e. The number of carbonyl (C=O) groups excluding carboxylic acids is 1. The van der Waals surface area contributed by atoms with Gasteiger partial charge in [-0.1, -0.05) is 78.9 Å². The van der Waals surface area contributed by atoms with Crippen molar-refractivity contribution in [1.29, 1.82) is 0 Å². The van der Waals surface area contributed by atoms with Crippen LogP contribution in [0.15, 0.2) is 101 Å². The molecule has 0 fully saturated rings. The van der Waals surface area contributed by atoms with Crippen LogP contribution < -0.4 is 10.9 Å². The molecule has 6 heteroatoms. The zero-order valence-corrected chi connectivity index (χ0v) is 16.7. The summed E-state index contributed by atoms with van der Waals surface area (Å²) in [6.45, 7) is 0. The quantitative estimate of drug-likeness (QED) is 0.346. The van der Waals surface area contributed by atoms with Crippen molar-refractivity contribution in [3.05, 3.63) is 108 Å². The van der Waals surface area contributed by atoms with E-state index in [1.165, 1.54) is 0 Å². The number of aromatic nitrogens is 1. The van der Waals surface area contributed by atoms with Crippen molar-refractivity contribution in [3.63, 3.8) is 0 Å². The van der Waals surface area contributed by atoms with Gasteiger partial charge in [0.2, 0.25) is 0 Å². The first kappa shape index (κ1) is 18.8. The molecule has 3 N–H and O–H groups in total. The van der Waals surface area contributed by atoms with Gasteiger partial charge in [-0.05, 0) is 17.2 Å². The van der Waals surface area contributed by atoms with Gasteiger partial charge in [-0.2, -0.15) is 10.2 Å². The lowest BCUT2D eigenvalue weighted by Gasteiger charge is -2.30. The molecule has 4 aromatic rings. The topological polar surface area (TPSA) is 81.6 Å². The third-order valence-corrected chi connectivity index (χ3v) is 5.60. The molecule has 152 valence electrons. The van der Waals surface area contributed by atoms with Crippen molar-refractivity contribution in [2.45, 2.75) is 12.0 Å². The van der Waals surface area contributed by atoms with Gasteiger partial charge in [-0.25, -0.2) is 5.43 Å². The van der Waals surface area contributed by atoms with E-state index in [4.69, 9.17) is 0 Å². The van der Waals surface area contributed by atoms with Gasteiger partial charge in [-0.15, -0.1) is 0 Å². The summed E-state index contributed by atoms with van der Waals surface area (Å²) in [5, 5.41) is 9.58. The molecule has 0 spiro atoms. The summed E-state index contributed by atoms with van der Waals surface area (Å²) in [5.41, 5.74) is 9.70. The fourth-order valence-corrected chi connectivity index (χ4v) is 4.00. The standard InChI is InChI=1S/C25H21N5O/c31-24(29-27-17-18-16-26-22-14-8-7-13-21(18)22)23-15-25(30-28-23,19-9-3-1-4-10-19)20-11-5-2-6-12-20/h1-14,16-17,26,30H,15H2,(H,29,31)/b27-17+. The number of nitrogens with one attached hydrogen (secondary N) is 3. The molecular formula is C25H21N5O. The number of hydrazone groups is 2. The van der Waals surface area contributed by atoms with Gasteiger partial charge in [0.1, 0.15) is 11.3 Å². The summed E-state index contributed by atoms with van der Waals surface area (Å²) in [5.74, 6) is -0.322. The van der Waals surface area contributed by atoms with Crippen LogP contribution in [0.3, 0.4) is 0 Å². The second-order valence-corrected chi connectivity index (χ2v) is 7.47. The van der Waals surface area contributed by atoms with Crippen LogP contribution in [-0.2, 0) is 10.3 Å². The predicted molar refractivity (Wildman–Crippen MR) is 123 cm³/mol. The zero-order chi connectivity index (χ0) is 21.1. The molecule has 1 aromatic heterocycles. The van der Waals surface area contributed by atoms with E-state index in [-0.39, 0.29) is 5.91 Å². The van der Waals surface area contributed by atoms with Gasteiger partial charge < -0.3 is 4.98 Å². The SMILES string of the molecule is O=C(N/N=C/c1c[nH]c2ccccc12)C1=NNC(c2ccccc2)(c2ccccc2)C1. The summed E-state index contributed by atoms with van der Waals surface area (Å²) >= 11 is 0. The van der Waals surface area contributed by atoms with Crippen molar-refractivity contribution in [1.82, 2.24) is 15.8 Å². The summed E-state index contributed by atoms with van der Waals surface area (Å²) in [4.78, 5) is 16.0. The molecule has 5 rings (SSSR count). The number of nitrogens with zero attached hydrogens (tertiary/aromatic N) is 2. The van der Waals surface area contributed by atoms with E-state index in [0.29, 0.717) is 12.1 Å². The number of hydrogen-bond acceptors (Lipinski definition) is 4. The first-order chi connectivity index (χ1) is 15.3. The van der Waals surface area contributed by atoms with Gasteiger partial charge >= 0.3 is 0 Å². The smallest absolute Gasteiger partial charge is 0.287 e. The van der Waals surface area contributed by atoms with E-state index in [9.17, 15) is 4.79 Å². The Kier molecular flexibility index (Phi) is 4.80. The first-order valence-electron chi connectivity index (χ1n) is 10.1. The van der Waals surface area contributed by atoms with Crippen LogP contribution in [0.1, 0.15) is 23.1 Å². The number of carbonyl (C=O) groups is 1. The maximum absolute atomic E-state index is 12.8. The Hall–Kier alpha value is -4.19. The molecule has 0 saturated heterocycles. The van der Waals surface area contributed by atoms with E-state index < -0.39 is 5.54 Å². The number of amides is 1. The Bertz CT molecular complexity index is 1240. The van der Waals surface area contributed by atoms with Crippen LogP contribution in [0, 0.1) is 0 Å². The Morgan fingerprint density at radius 3 is 2.29 bits per heavy atom. The van der Waals surface area contributed by atoms with Gasteiger partial charge in [0.15, 0.2) is 0 Å². The van der Waals surface area contributed by atoms with Crippen LogP contribution in [0.4, 0.5) is 0 Å². The third kappa shape index (κ3) is 3.48. The normalized spacial score (nSPS) is 15.0. The molecule has 1 aliphatic rings. The number of aromatic amines is 1. The van der Waals surface area contributed by atoms with Crippen LogP contribution in [0.2, 0.25) is 0 Å². The minimum absolute atomic E-state index is 0.322. The Morgan fingerprint density at radius 2 is 1.58 bits per heavy atom. The molecule has 31 heavy (non-hydrogen) atoms. The Labute approximate surface area is 179 Å². The molecule has 6 nitrogen and oxygen atoms in total. The zero-order valence-electron chi connectivity index (χ0n) is 16.7. The van der Waals surface area contributed by atoms with Crippen molar-refractivity contribution in [2.24, 2.45) is 10.2 Å². The van der Waals surface area contributed by atoms with E-state index >= 15 is 0 Å². The highest BCUT2D eigenvalue weighted by atomic mass is 16.2. The second kappa shape index (κ2) is 7.91. The molecule has 2 heterocycles. The minimum Gasteiger partial charge on any atom is -0.361 e. The lowest BCUT2D eigenvalue weighted by molar-refractivity contribution is -0.114. The van der Waals surface area contributed by atoms with E-state index in [2.05, 4.69) is 26.0 Å². The Morgan fingerprint density at radius 1 is 0.935 bits per heavy atom. The lowest BCUT2D eigenvalue weighted by atomic mass is 9.80. The fourth-order valence-electron chi connectivity index (χ4n) is 4.00. The molecule has 0 bridgehead atoms. The summed E-state index contributed by atoms with van der Waals surface area (Å²) < 4.78 is 0. The first-order valence-corrected chi connectivity index (χ1v) is 10.1. The molecule has 1 amide bonds. The number of para-hydroxylation sites is 1. The van der Waals surface area contributed by atoms with Gasteiger partial charge in [-0.3, -0.25) is 10.2 Å². The van der Waals surface area contributed by atoms with Crippen molar-refractivity contribution in [2.75, 3.05) is 0 Å². The molecule has 0 aliphatic carbocycles. The second-order valence-electron chi connectivity index (χ2n) is 7.47. The number of fused-ring (bicyclic) bond motifs is 1. The van der Waals surface area contributed by atoms with E-state index in [1.54, 1.807) is 6.21 Å². The molecule has 3 aromatic carbocycles. The molecular weight excluding hydrogens is 386 g/mol. The highest BCUT2D eigenvalue weighted by molar-refractivity contribution is 6.39. The minimum atomic E-state index is -0.588. The van der Waals surface area contributed by atoms with Gasteiger partial charge in [0, 0.05) is 29.1 Å².